The highest BCUT2D eigenvalue weighted by Crippen LogP contribution is 2.19. The topological polar surface area (TPSA) is 38.1 Å². The maximum atomic E-state index is 5.18. The van der Waals surface area contributed by atoms with Gasteiger partial charge in [0, 0.05) is 10.9 Å². The van der Waals surface area contributed by atoms with Gasteiger partial charge < -0.3 is 9.73 Å². The van der Waals surface area contributed by atoms with Crippen LogP contribution in [0.15, 0.2) is 46.2 Å². The van der Waals surface area contributed by atoms with Crippen LogP contribution in [0.3, 0.4) is 0 Å². The average Bonchev–Trinajstić information content (AvgIpc) is 2.89. The molecule has 1 atom stereocenters. The molecule has 0 radical (unpaired) electrons. The smallest absolute Gasteiger partial charge is 0.180 e. The summed E-state index contributed by atoms with van der Waals surface area (Å²) >= 11 is 1.76. The van der Waals surface area contributed by atoms with Crippen LogP contribution in [-0.4, -0.2) is 11.2 Å². The number of benzene rings is 1. The normalized spacial score (nSPS) is 12.6. The number of rotatable bonds is 5. The SMILES string of the molecule is CSc1ccc(C(C)NCc2cnco2)cc1. The van der Waals surface area contributed by atoms with Gasteiger partial charge >= 0.3 is 0 Å². The highest BCUT2D eigenvalue weighted by molar-refractivity contribution is 7.98. The molecule has 1 N–H and O–H groups in total. The van der Waals surface area contributed by atoms with Crippen LogP contribution < -0.4 is 5.32 Å². The van der Waals surface area contributed by atoms with E-state index in [1.165, 1.54) is 16.9 Å². The van der Waals surface area contributed by atoms with Gasteiger partial charge in [-0.25, -0.2) is 4.98 Å². The van der Waals surface area contributed by atoms with Crippen molar-refractivity contribution in [2.75, 3.05) is 6.26 Å². The lowest BCUT2D eigenvalue weighted by atomic mass is 10.1. The molecule has 0 spiro atoms. The minimum Gasteiger partial charge on any atom is -0.447 e. The van der Waals surface area contributed by atoms with Gasteiger partial charge in [-0.1, -0.05) is 12.1 Å². The third-order valence-corrected chi connectivity index (χ3v) is 3.43. The van der Waals surface area contributed by atoms with Crippen LogP contribution in [0.25, 0.3) is 0 Å². The summed E-state index contributed by atoms with van der Waals surface area (Å²) in [6.45, 7) is 2.84. The minimum atomic E-state index is 0.302. The first-order valence-electron chi connectivity index (χ1n) is 5.54. The van der Waals surface area contributed by atoms with Gasteiger partial charge in [-0.3, -0.25) is 0 Å². The van der Waals surface area contributed by atoms with E-state index in [0.29, 0.717) is 12.6 Å². The van der Waals surface area contributed by atoms with Gasteiger partial charge in [-0.2, -0.15) is 0 Å². The minimum absolute atomic E-state index is 0.302. The Morgan fingerprint density at radius 3 is 2.71 bits per heavy atom. The van der Waals surface area contributed by atoms with Gasteiger partial charge in [0.15, 0.2) is 6.39 Å². The van der Waals surface area contributed by atoms with Crippen molar-refractivity contribution in [3.05, 3.63) is 48.2 Å². The molecule has 1 heterocycles. The first-order valence-corrected chi connectivity index (χ1v) is 6.77. The van der Waals surface area contributed by atoms with Gasteiger partial charge in [-0.15, -0.1) is 11.8 Å². The van der Waals surface area contributed by atoms with Crippen LogP contribution in [0, 0.1) is 0 Å². The number of nitrogens with zero attached hydrogens (tertiary/aromatic N) is 1. The molecule has 0 bridgehead atoms. The number of aromatic nitrogens is 1. The average molecular weight is 248 g/mol. The fourth-order valence-corrected chi connectivity index (χ4v) is 2.00. The Morgan fingerprint density at radius 1 is 1.35 bits per heavy atom. The molecule has 0 amide bonds. The molecule has 0 saturated heterocycles. The summed E-state index contributed by atoms with van der Waals surface area (Å²) in [5.41, 5.74) is 1.28. The van der Waals surface area contributed by atoms with Crippen LogP contribution >= 0.6 is 11.8 Å². The molecule has 2 aromatic rings. The van der Waals surface area contributed by atoms with E-state index < -0.39 is 0 Å². The van der Waals surface area contributed by atoms with E-state index in [4.69, 9.17) is 4.42 Å². The quantitative estimate of drug-likeness (QED) is 0.824. The first-order chi connectivity index (χ1) is 8.29. The van der Waals surface area contributed by atoms with Gasteiger partial charge in [0.25, 0.3) is 0 Å². The largest absolute Gasteiger partial charge is 0.447 e. The summed E-state index contributed by atoms with van der Waals surface area (Å²) in [6, 6.07) is 8.91. The molecule has 1 unspecified atom stereocenters. The standard InChI is InChI=1S/C13H16N2OS/c1-10(15-8-12-7-14-9-16-12)11-3-5-13(17-2)6-4-11/h3-7,9-10,15H,8H2,1-2H3. The van der Waals surface area contributed by atoms with Gasteiger partial charge in [-0.05, 0) is 30.9 Å². The summed E-state index contributed by atoms with van der Waals surface area (Å²) in [6.07, 6.45) is 5.27. The Hall–Kier alpha value is -1.26. The summed E-state index contributed by atoms with van der Waals surface area (Å²) in [5, 5.41) is 3.40. The van der Waals surface area contributed by atoms with Crippen molar-refractivity contribution in [3.63, 3.8) is 0 Å². The van der Waals surface area contributed by atoms with Crippen LogP contribution in [0.4, 0.5) is 0 Å². The third-order valence-electron chi connectivity index (χ3n) is 2.68. The second-order valence-electron chi connectivity index (χ2n) is 3.84. The number of oxazole rings is 1. The van der Waals surface area contributed by atoms with E-state index in [-0.39, 0.29) is 0 Å². The fraction of sp³-hybridized carbons (Fsp3) is 0.308. The van der Waals surface area contributed by atoms with Crippen molar-refractivity contribution < 1.29 is 4.42 Å². The Bertz CT molecular complexity index is 439. The Balaban J connectivity index is 1.92. The molecule has 90 valence electrons. The number of hydrogen-bond acceptors (Lipinski definition) is 4. The summed E-state index contributed by atoms with van der Waals surface area (Å²) in [4.78, 5) is 5.17. The van der Waals surface area contributed by atoms with Crippen molar-refractivity contribution >= 4 is 11.8 Å². The van der Waals surface area contributed by atoms with E-state index >= 15 is 0 Å². The Morgan fingerprint density at radius 2 is 2.12 bits per heavy atom. The van der Waals surface area contributed by atoms with Crippen LogP contribution in [0.2, 0.25) is 0 Å². The Labute approximate surface area is 106 Å². The molecule has 17 heavy (non-hydrogen) atoms. The zero-order valence-corrected chi connectivity index (χ0v) is 10.8. The van der Waals surface area contributed by atoms with Crippen molar-refractivity contribution in [2.45, 2.75) is 24.4 Å². The van der Waals surface area contributed by atoms with Crippen molar-refractivity contribution in [1.82, 2.24) is 10.3 Å². The third kappa shape index (κ3) is 3.35. The van der Waals surface area contributed by atoms with Crippen molar-refractivity contribution in [1.29, 1.82) is 0 Å². The highest BCUT2D eigenvalue weighted by Gasteiger charge is 2.05. The first kappa shape index (κ1) is 12.2. The van der Waals surface area contributed by atoms with Crippen LogP contribution in [0.5, 0.6) is 0 Å². The second-order valence-corrected chi connectivity index (χ2v) is 4.72. The van der Waals surface area contributed by atoms with E-state index in [2.05, 4.69) is 47.7 Å². The molecule has 1 aromatic carbocycles. The zero-order valence-electron chi connectivity index (χ0n) is 10.0. The fourth-order valence-electron chi connectivity index (χ4n) is 1.59. The molecule has 4 heteroatoms. The number of hydrogen-bond donors (Lipinski definition) is 1. The van der Waals surface area contributed by atoms with E-state index in [9.17, 15) is 0 Å². The molecule has 0 saturated carbocycles. The molecule has 0 aliphatic rings. The van der Waals surface area contributed by atoms with E-state index in [1.807, 2.05) is 0 Å². The maximum Gasteiger partial charge on any atom is 0.180 e. The molecule has 2 rings (SSSR count). The molecule has 1 aromatic heterocycles. The number of thioether (sulfide) groups is 1. The predicted molar refractivity (Wildman–Crippen MR) is 70.0 cm³/mol. The van der Waals surface area contributed by atoms with Crippen LogP contribution in [0.1, 0.15) is 24.3 Å². The van der Waals surface area contributed by atoms with Crippen LogP contribution in [-0.2, 0) is 6.54 Å². The highest BCUT2D eigenvalue weighted by atomic mass is 32.2. The lowest BCUT2D eigenvalue weighted by Gasteiger charge is -2.13. The molecular weight excluding hydrogens is 232 g/mol. The summed E-state index contributed by atoms with van der Waals surface area (Å²) in [7, 11) is 0. The van der Waals surface area contributed by atoms with E-state index in [0.717, 1.165) is 5.76 Å². The Kier molecular flexibility index (Phi) is 4.23. The molecule has 0 aliphatic heterocycles. The lowest BCUT2D eigenvalue weighted by Crippen LogP contribution is -2.17. The van der Waals surface area contributed by atoms with Gasteiger partial charge in [0.05, 0.1) is 12.7 Å². The van der Waals surface area contributed by atoms with Crippen molar-refractivity contribution in [3.8, 4) is 0 Å². The van der Waals surface area contributed by atoms with Crippen molar-refractivity contribution in [2.24, 2.45) is 0 Å². The van der Waals surface area contributed by atoms with E-state index in [1.54, 1.807) is 18.0 Å². The monoisotopic (exact) mass is 248 g/mol. The molecule has 3 nitrogen and oxygen atoms in total. The number of nitrogens with one attached hydrogen (secondary N) is 1. The predicted octanol–water partition coefficient (Wildman–Crippen LogP) is 3.25. The summed E-state index contributed by atoms with van der Waals surface area (Å²) < 4.78 is 5.18. The molecular formula is C13H16N2OS. The summed E-state index contributed by atoms with van der Waals surface area (Å²) in [5.74, 6) is 0.859. The molecule has 0 fully saturated rings. The van der Waals surface area contributed by atoms with Gasteiger partial charge in [0.1, 0.15) is 5.76 Å². The van der Waals surface area contributed by atoms with Gasteiger partial charge in [0.2, 0.25) is 0 Å². The maximum absolute atomic E-state index is 5.18. The lowest BCUT2D eigenvalue weighted by molar-refractivity contribution is 0.458. The zero-order chi connectivity index (χ0) is 12.1. The molecule has 0 aliphatic carbocycles. The second kappa shape index (κ2) is 5.89.